The van der Waals surface area contributed by atoms with E-state index in [4.69, 9.17) is 0 Å². The van der Waals surface area contributed by atoms with Crippen LogP contribution in [0.2, 0.25) is 0 Å². The van der Waals surface area contributed by atoms with Crippen molar-refractivity contribution in [1.29, 1.82) is 0 Å². The minimum absolute atomic E-state index is 0.0213. The van der Waals surface area contributed by atoms with Gasteiger partial charge in [-0.25, -0.2) is 0 Å². The van der Waals surface area contributed by atoms with Crippen LogP contribution in [0.4, 0.5) is 0 Å². The third-order valence-corrected chi connectivity index (χ3v) is 4.38. The fourth-order valence-corrected chi connectivity index (χ4v) is 3.47. The molecular weight excluding hydrogens is 256 g/mol. The SMILES string of the molecule is CSCC(C)N1C(=O)C(CC(C)C)NC1CC(C)C. The van der Waals surface area contributed by atoms with Gasteiger partial charge in [0.05, 0.1) is 12.2 Å². The molecule has 3 atom stereocenters. The van der Waals surface area contributed by atoms with Gasteiger partial charge in [-0.1, -0.05) is 27.7 Å². The van der Waals surface area contributed by atoms with Crippen molar-refractivity contribution < 1.29 is 4.79 Å². The van der Waals surface area contributed by atoms with E-state index in [1.54, 1.807) is 0 Å². The summed E-state index contributed by atoms with van der Waals surface area (Å²) in [7, 11) is 0. The fourth-order valence-electron chi connectivity index (χ4n) is 2.83. The van der Waals surface area contributed by atoms with E-state index >= 15 is 0 Å². The van der Waals surface area contributed by atoms with Crippen molar-refractivity contribution in [3.63, 3.8) is 0 Å². The van der Waals surface area contributed by atoms with Crippen molar-refractivity contribution in [3.8, 4) is 0 Å². The number of hydrogen-bond donors (Lipinski definition) is 1. The summed E-state index contributed by atoms with van der Waals surface area (Å²) in [5.41, 5.74) is 0. The Kier molecular flexibility index (Phi) is 6.67. The molecule has 112 valence electrons. The Balaban J connectivity index is 2.78. The van der Waals surface area contributed by atoms with Crippen molar-refractivity contribution >= 4 is 17.7 Å². The van der Waals surface area contributed by atoms with Crippen molar-refractivity contribution in [2.24, 2.45) is 11.8 Å². The molecule has 4 heteroatoms. The summed E-state index contributed by atoms with van der Waals surface area (Å²) in [5, 5.41) is 3.56. The van der Waals surface area contributed by atoms with E-state index in [0.717, 1.165) is 18.6 Å². The molecule has 3 unspecified atom stereocenters. The predicted molar refractivity (Wildman–Crippen MR) is 84.3 cm³/mol. The highest BCUT2D eigenvalue weighted by Crippen LogP contribution is 2.24. The van der Waals surface area contributed by atoms with Gasteiger partial charge in [0.15, 0.2) is 0 Å². The quantitative estimate of drug-likeness (QED) is 0.781. The molecule has 0 radical (unpaired) electrons. The largest absolute Gasteiger partial charge is 0.322 e. The number of thioether (sulfide) groups is 1. The number of carbonyl (C=O) groups is 1. The van der Waals surface area contributed by atoms with Crippen LogP contribution in [-0.4, -0.2) is 41.1 Å². The summed E-state index contributed by atoms with van der Waals surface area (Å²) >= 11 is 1.81. The summed E-state index contributed by atoms with van der Waals surface area (Å²) in [4.78, 5) is 14.7. The molecule has 19 heavy (non-hydrogen) atoms. The second kappa shape index (κ2) is 7.53. The van der Waals surface area contributed by atoms with Gasteiger partial charge in [0.1, 0.15) is 0 Å². The minimum Gasteiger partial charge on any atom is -0.322 e. The molecule has 0 aliphatic carbocycles. The Bertz CT molecular complexity index is 294. The molecule has 0 aromatic heterocycles. The lowest BCUT2D eigenvalue weighted by Crippen LogP contribution is -2.45. The van der Waals surface area contributed by atoms with Crippen LogP contribution >= 0.6 is 11.8 Å². The van der Waals surface area contributed by atoms with Crippen LogP contribution in [0.15, 0.2) is 0 Å². The average molecular weight is 286 g/mol. The van der Waals surface area contributed by atoms with E-state index in [-0.39, 0.29) is 12.2 Å². The molecule has 0 saturated carbocycles. The highest BCUT2D eigenvalue weighted by atomic mass is 32.2. The van der Waals surface area contributed by atoms with Crippen LogP contribution < -0.4 is 5.32 Å². The van der Waals surface area contributed by atoms with Gasteiger partial charge in [0.25, 0.3) is 0 Å². The monoisotopic (exact) mass is 286 g/mol. The Labute approximate surface area is 122 Å². The first-order chi connectivity index (χ1) is 8.86. The molecule has 1 rings (SSSR count). The third-order valence-electron chi connectivity index (χ3n) is 3.57. The molecule has 1 fully saturated rings. The van der Waals surface area contributed by atoms with Crippen molar-refractivity contribution in [1.82, 2.24) is 10.2 Å². The maximum Gasteiger partial charge on any atom is 0.241 e. The molecule has 1 N–H and O–H groups in total. The number of carbonyl (C=O) groups excluding carboxylic acids is 1. The average Bonchev–Trinajstić information content (AvgIpc) is 2.54. The first kappa shape index (κ1) is 16.8. The molecule has 3 nitrogen and oxygen atoms in total. The minimum atomic E-state index is 0.0213. The number of nitrogens with zero attached hydrogens (tertiary/aromatic N) is 1. The molecule has 0 aromatic rings. The molecule has 1 saturated heterocycles. The smallest absolute Gasteiger partial charge is 0.241 e. The van der Waals surface area contributed by atoms with Gasteiger partial charge < -0.3 is 4.90 Å². The van der Waals surface area contributed by atoms with Gasteiger partial charge >= 0.3 is 0 Å². The molecule has 0 bridgehead atoms. The van der Waals surface area contributed by atoms with Crippen LogP contribution in [-0.2, 0) is 4.79 Å². The van der Waals surface area contributed by atoms with E-state index < -0.39 is 0 Å². The Morgan fingerprint density at radius 3 is 2.21 bits per heavy atom. The summed E-state index contributed by atoms with van der Waals surface area (Å²) < 4.78 is 0. The maximum absolute atomic E-state index is 12.6. The van der Waals surface area contributed by atoms with Crippen molar-refractivity contribution in [3.05, 3.63) is 0 Å². The number of amides is 1. The number of hydrogen-bond acceptors (Lipinski definition) is 3. The van der Waals surface area contributed by atoms with Crippen LogP contribution in [0.25, 0.3) is 0 Å². The van der Waals surface area contributed by atoms with Gasteiger partial charge in [0, 0.05) is 11.8 Å². The molecule has 0 aromatic carbocycles. The van der Waals surface area contributed by atoms with E-state index in [0.29, 0.717) is 23.8 Å². The van der Waals surface area contributed by atoms with E-state index in [9.17, 15) is 4.79 Å². The second-order valence-corrected chi connectivity index (χ2v) is 7.45. The van der Waals surface area contributed by atoms with Gasteiger partial charge in [-0.2, -0.15) is 11.8 Å². The number of nitrogens with one attached hydrogen (secondary N) is 1. The Hall–Kier alpha value is -0.220. The zero-order chi connectivity index (χ0) is 14.6. The van der Waals surface area contributed by atoms with Crippen molar-refractivity contribution in [2.45, 2.75) is 65.7 Å². The van der Waals surface area contributed by atoms with E-state index in [1.807, 2.05) is 11.8 Å². The van der Waals surface area contributed by atoms with Crippen LogP contribution in [0.3, 0.4) is 0 Å². The summed E-state index contributed by atoms with van der Waals surface area (Å²) in [6, 6.07) is 0.337. The molecule has 1 aliphatic rings. The Morgan fingerprint density at radius 1 is 1.16 bits per heavy atom. The highest BCUT2D eigenvalue weighted by Gasteiger charge is 2.40. The van der Waals surface area contributed by atoms with E-state index in [1.165, 1.54) is 0 Å². The number of rotatable bonds is 7. The molecule has 1 aliphatic heterocycles. The summed E-state index contributed by atoms with van der Waals surface area (Å²) in [6.07, 6.45) is 4.31. The molecule has 1 amide bonds. The standard InChI is InChI=1S/C15H30N2OS/c1-10(2)7-13-15(18)17(12(5)9-19-6)14(16-13)8-11(3)4/h10-14,16H,7-9H2,1-6H3. The zero-order valence-electron chi connectivity index (χ0n) is 13.3. The van der Waals surface area contributed by atoms with Gasteiger partial charge in [-0.3, -0.25) is 10.1 Å². The highest BCUT2D eigenvalue weighted by molar-refractivity contribution is 7.98. The molecule has 1 heterocycles. The normalized spacial score (nSPS) is 25.7. The lowest BCUT2D eigenvalue weighted by molar-refractivity contribution is -0.132. The first-order valence-electron chi connectivity index (χ1n) is 7.44. The van der Waals surface area contributed by atoms with Crippen LogP contribution in [0.5, 0.6) is 0 Å². The molecule has 0 spiro atoms. The zero-order valence-corrected chi connectivity index (χ0v) is 14.1. The molecular formula is C15H30N2OS. The lowest BCUT2D eigenvalue weighted by atomic mass is 10.0. The van der Waals surface area contributed by atoms with Crippen LogP contribution in [0.1, 0.15) is 47.5 Å². The fraction of sp³-hybridized carbons (Fsp3) is 0.933. The Morgan fingerprint density at radius 2 is 1.74 bits per heavy atom. The topological polar surface area (TPSA) is 32.3 Å². The predicted octanol–water partition coefficient (Wildman–Crippen LogP) is 2.96. The third kappa shape index (κ3) is 4.67. The maximum atomic E-state index is 12.6. The van der Waals surface area contributed by atoms with Gasteiger partial charge in [0.2, 0.25) is 5.91 Å². The first-order valence-corrected chi connectivity index (χ1v) is 8.83. The van der Waals surface area contributed by atoms with Crippen molar-refractivity contribution in [2.75, 3.05) is 12.0 Å². The summed E-state index contributed by atoms with van der Waals surface area (Å²) in [5.74, 6) is 2.47. The lowest BCUT2D eigenvalue weighted by Gasteiger charge is -2.31. The van der Waals surface area contributed by atoms with E-state index in [2.05, 4.69) is 51.1 Å². The van der Waals surface area contributed by atoms with Crippen LogP contribution in [0, 0.1) is 11.8 Å². The second-order valence-electron chi connectivity index (χ2n) is 6.54. The van der Waals surface area contributed by atoms with Gasteiger partial charge in [-0.05, 0) is 37.9 Å². The van der Waals surface area contributed by atoms with Gasteiger partial charge in [-0.15, -0.1) is 0 Å². The summed E-state index contributed by atoms with van der Waals surface area (Å²) in [6.45, 7) is 11.0.